The number of hydrogen-bond donors (Lipinski definition) is 1. The van der Waals surface area contributed by atoms with Gasteiger partial charge in [0.2, 0.25) is 0 Å². The Morgan fingerprint density at radius 2 is 2.21 bits per heavy atom. The summed E-state index contributed by atoms with van der Waals surface area (Å²) in [6.07, 6.45) is 2.32. The van der Waals surface area contributed by atoms with Crippen molar-refractivity contribution in [2.24, 2.45) is 0 Å². The molecule has 1 aromatic rings. The van der Waals surface area contributed by atoms with Gasteiger partial charge in [-0.3, -0.25) is 10.1 Å². The molecule has 5 heteroatoms. The van der Waals surface area contributed by atoms with Gasteiger partial charge in [-0.1, -0.05) is 17.7 Å². The molecule has 0 amide bonds. The summed E-state index contributed by atoms with van der Waals surface area (Å²) in [7, 11) is 0. The first-order chi connectivity index (χ1) is 8.99. The largest absolute Gasteiger partial charge is 0.389 e. The minimum absolute atomic E-state index is 0.0614. The Bertz CT molecular complexity index is 523. The number of anilines is 1. The zero-order chi connectivity index (χ0) is 14.0. The summed E-state index contributed by atoms with van der Waals surface area (Å²) in [6, 6.07) is 4.94. The quantitative estimate of drug-likeness (QED) is 0.516. The standard InChI is InChI=1S/C14H18N2O3/c1-10-5-7-15(8-6-10)13-4-3-12(11(2)17)9-14(13)16(18)19/h3-5,9,11,17H,6-8H2,1-2H3. The first kappa shape index (κ1) is 13.5. The molecule has 1 atom stereocenters. The predicted molar refractivity (Wildman–Crippen MR) is 74.3 cm³/mol. The van der Waals surface area contributed by atoms with E-state index >= 15 is 0 Å². The second-order valence-electron chi connectivity index (χ2n) is 4.93. The molecule has 0 saturated heterocycles. The molecule has 0 bridgehead atoms. The van der Waals surface area contributed by atoms with Gasteiger partial charge in [-0.25, -0.2) is 0 Å². The Kier molecular flexibility index (Phi) is 3.85. The van der Waals surface area contributed by atoms with Crippen molar-refractivity contribution in [1.29, 1.82) is 0 Å². The number of hydrogen-bond acceptors (Lipinski definition) is 4. The lowest BCUT2D eigenvalue weighted by molar-refractivity contribution is -0.384. The summed E-state index contributed by atoms with van der Waals surface area (Å²) in [5, 5.41) is 20.7. The highest BCUT2D eigenvalue weighted by Crippen LogP contribution is 2.32. The van der Waals surface area contributed by atoms with Crippen LogP contribution in [0, 0.1) is 10.1 Å². The average Bonchev–Trinajstić information content (AvgIpc) is 2.38. The number of aliphatic hydroxyl groups is 1. The van der Waals surface area contributed by atoms with Crippen LogP contribution in [0.2, 0.25) is 0 Å². The Balaban J connectivity index is 2.37. The van der Waals surface area contributed by atoms with Crippen molar-refractivity contribution < 1.29 is 10.0 Å². The van der Waals surface area contributed by atoms with Gasteiger partial charge in [-0.2, -0.15) is 0 Å². The second-order valence-corrected chi connectivity index (χ2v) is 4.93. The molecule has 102 valence electrons. The van der Waals surface area contributed by atoms with E-state index in [9.17, 15) is 15.2 Å². The van der Waals surface area contributed by atoms with E-state index < -0.39 is 6.10 Å². The summed E-state index contributed by atoms with van der Waals surface area (Å²) in [4.78, 5) is 12.8. The molecule has 1 aliphatic rings. The van der Waals surface area contributed by atoms with Gasteiger partial charge >= 0.3 is 0 Å². The molecular weight excluding hydrogens is 244 g/mol. The average molecular weight is 262 g/mol. The van der Waals surface area contributed by atoms with Crippen LogP contribution in [0.4, 0.5) is 11.4 Å². The number of nitro groups is 1. The fourth-order valence-electron chi connectivity index (χ4n) is 2.20. The van der Waals surface area contributed by atoms with Crippen molar-refractivity contribution in [3.63, 3.8) is 0 Å². The van der Waals surface area contributed by atoms with Crippen molar-refractivity contribution in [1.82, 2.24) is 0 Å². The molecule has 1 unspecified atom stereocenters. The van der Waals surface area contributed by atoms with Crippen LogP contribution in [0.5, 0.6) is 0 Å². The lowest BCUT2D eigenvalue weighted by atomic mass is 10.1. The maximum atomic E-state index is 11.2. The summed E-state index contributed by atoms with van der Waals surface area (Å²) in [5.41, 5.74) is 2.57. The van der Waals surface area contributed by atoms with Crippen molar-refractivity contribution in [2.75, 3.05) is 18.0 Å². The summed E-state index contributed by atoms with van der Waals surface area (Å²) in [6.45, 7) is 5.16. The van der Waals surface area contributed by atoms with Crippen LogP contribution in [0.1, 0.15) is 31.9 Å². The van der Waals surface area contributed by atoms with Crippen LogP contribution < -0.4 is 4.90 Å². The van der Waals surface area contributed by atoms with Gasteiger partial charge in [0.25, 0.3) is 5.69 Å². The van der Waals surface area contributed by atoms with Gasteiger partial charge in [-0.05, 0) is 31.9 Å². The first-order valence-corrected chi connectivity index (χ1v) is 6.36. The SMILES string of the molecule is CC1=CCN(c2ccc(C(C)O)cc2[N+](=O)[O-])CC1. The lowest BCUT2D eigenvalue weighted by Crippen LogP contribution is -2.28. The number of nitrogens with zero attached hydrogens (tertiary/aromatic N) is 2. The Hall–Kier alpha value is -1.88. The Labute approximate surface area is 112 Å². The minimum atomic E-state index is -0.698. The van der Waals surface area contributed by atoms with Crippen LogP contribution in [0.3, 0.4) is 0 Å². The van der Waals surface area contributed by atoms with E-state index in [1.54, 1.807) is 19.1 Å². The topological polar surface area (TPSA) is 66.6 Å². The van der Waals surface area contributed by atoms with Crippen LogP contribution >= 0.6 is 0 Å². The zero-order valence-electron chi connectivity index (χ0n) is 11.2. The molecule has 0 saturated carbocycles. The molecule has 1 N–H and O–H groups in total. The molecule has 0 aromatic heterocycles. The van der Waals surface area contributed by atoms with Gasteiger partial charge in [0.15, 0.2) is 0 Å². The minimum Gasteiger partial charge on any atom is -0.389 e. The molecule has 5 nitrogen and oxygen atoms in total. The van der Waals surface area contributed by atoms with Gasteiger partial charge in [-0.15, -0.1) is 0 Å². The number of rotatable bonds is 3. The molecule has 0 spiro atoms. The monoisotopic (exact) mass is 262 g/mol. The highest BCUT2D eigenvalue weighted by molar-refractivity contribution is 5.65. The van der Waals surface area contributed by atoms with Gasteiger partial charge in [0.05, 0.1) is 11.0 Å². The van der Waals surface area contributed by atoms with E-state index in [-0.39, 0.29) is 10.6 Å². The van der Waals surface area contributed by atoms with Gasteiger partial charge in [0.1, 0.15) is 5.69 Å². The number of nitro benzene ring substituents is 1. The van der Waals surface area contributed by atoms with Crippen LogP contribution in [-0.4, -0.2) is 23.1 Å². The van der Waals surface area contributed by atoms with E-state index in [1.165, 1.54) is 11.6 Å². The summed E-state index contributed by atoms with van der Waals surface area (Å²) < 4.78 is 0. The fraction of sp³-hybridized carbons (Fsp3) is 0.429. The number of benzene rings is 1. The maximum absolute atomic E-state index is 11.2. The maximum Gasteiger partial charge on any atom is 0.292 e. The van der Waals surface area contributed by atoms with Crippen LogP contribution in [0.25, 0.3) is 0 Å². The highest BCUT2D eigenvalue weighted by Gasteiger charge is 2.21. The summed E-state index contributed by atoms with van der Waals surface area (Å²) >= 11 is 0. The third-order valence-electron chi connectivity index (χ3n) is 3.46. The zero-order valence-corrected chi connectivity index (χ0v) is 11.2. The van der Waals surface area contributed by atoms with Crippen molar-refractivity contribution in [2.45, 2.75) is 26.4 Å². The lowest BCUT2D eigenvalue weighted by Gasteiger charge is -2.27. The molecule has 2 rings (SSSR count). The van der Waals surface area contributed by atoms with Crippen LogP contribution in [0.15, 0.2) is 29.8 Å². The molecule has 0 fully saturated rings. The van der Waals surface area contributed by atoms with Crippen molar-refractivity contribution in [3.8, 4) is 0 Å². The third kappa shape index (κ3) is 2.93. The van der Waals surface area contributed by atoms with E-state index in [0.717, 1.165) is 13.0 Å². The fourth-order valence-corrected chi connectivity index (χ4v) is 2.20. The normalized spacial score (nSPS) is 17.0. The van der Waals surface area contributed by atoms with E-state index in [1.807, 2.05) is 4.90 Å². The molecule has 1 aliphatic heterocycles. The molecule has 0 aliphatic carbocycles. The third-order valence-corrected chi connectivity index (χ3v) is 3.46. The van der Waals surface area contributed by atoms with Crippen molar-refractivity contribution in [3.05, 3.63) is 45.5 Å². The Morgan fingerprint density at radius 3 is 2.74 bits per heavy atom. The predicted octanol–water partition coefficient (Wildman–Crippen LogP) is 2.80. The van der Waals surface area contributed by atoms with E-state index in [4.69, 9.17) is 0 Å². The Morgan fingerprint density at radius 1 is 1.47 bits per heavy atom. The van der Waals surface area contributed by atoms with E-state index in [0.29, 0.717) is 17.8 Å². The van der Waals surface area contributed by atoms with Gasteiger partial charge in [0, 0.05) is 19.2 Å². The molecule has 0 radical (unpaired) electrons. The molecule has 1 aromatic carbocycles. The summed E-state index contributed by atoms with van der Waals surface area (Å²) in [5.74, 6) is 0. The van der Waals surface area contributed by atoms with E-state index in [2.05, 4.69) is 13.0 Å². The molecular formula is C14H18N2O3. The van der Waals surface area contributed by atoms with Crippen LogP contribution in [-0.2, 0) is 0 Å². The first-order valence-electron chi connectivity index (χ1n) is 6.36. The molecule has 19 heavy (non-hydrogen) atoms. The smallest absolute Gasteiger partial charge is 0.292 e. The number of aliphatic hydroxyl groups excluding tert-OH is 1. The highest BCUT2D eigenvalue weighted by atomic mass is 16.6. The molecule has 1 heterocycles. The van der Waals surface area contributed by atoms with Crippen molar-refractivity contribution >= 4 is 11.4 Å². The second kappa shape index (κ2) is 5.40. The van der Waals surface area contributed by atoms with Gasteiger partial charge < -0.3 is 10.0 Å².